The fourth-order valence-electron chi connectivity index (χ4n) is 2.94. The average molecular weight is 370 g/mol. The number of benzene rings is 2. The molecule has 140 valence electrons. The molecule has 27 heavy (non-hydrogen) atoms. The first kappa shape index (κ1) is 18.3. The fourth-order valence-corrected chi connectivity index (χ4v) is 2.94. The predicted octanol–water partition coefficient (Wildman–Crippen LogP) is 3.42. The monoisotopic (exact) mass is 370 g/mol. The number of hydrogen-bond donors (Lipinski definition) is 1. The molecule has 3 aromatic rings. The van der Waals surface area contributed by atoms with Crippen LogP contribution in [0.25, 0.3) is 22.1 Å². The second-order valence-corrected chi connectivity index (χ2v) is 5.84. The van der Waals surface area contributed by atoms with Gasteiger partial charge in [-0.05, 0) is 36.8 Å². The van der Waals surface area contributed by atoms with Crippen molar-refractivity contribution in [1.82, 2.24) is 0 Å². The lowest BCUT2D eigenvalue weighted by Crippen LogP contribution is -2.08. The van der Waals surface area contributed by atoms with Crippen molar-refractivity contribution in [3.63, 3.8) is 0 Å². The number of ether oxygens (including phenoxy) is 3. The number of carbonyl (C=O) groups is 1. The van der Waals surface area contributed by atoms with Crippen molar-refractivity contribution < 1.29 is 28.5 Å². The van der Waals surface area contributed by atoms with Gasteiger partial charge in [0.25, 0.3) is 0 Å². The van der Waals surface area contributed by atoms with E-state index in [1.54, 1.807) is 31.2 Å². The van der Waals surface area contributed by atoms with Gasteiger partial charge in [0, 0.05) is 23.9 Å². The molecule has 1 heterocycles. The number of phenols is 1. The van der Waals surface area contributed by atoms with Crippen LogP contribution in [0.5, 0.6) is 23.0 Å². The lowest BCUT2D eigenvalue weighted by atomic mass is 9.98. The average Bonchev–Trinajstić information content (AvgIpc) is 2.64. The van der Waals surface area contributed by atoms with E-state index in [1.807, 2.05) is 0 Å². The quantitative estimate of drug-likeness (QED) is 0.427. The Morgan fingerprint density at radius 3 is 2.44 bits per heavy atom. The summed E-state index contributed by atoms with van der Waals surface area (Å²) in [6.45, 7) is 2.95. The maximum Gasteiger partial charge on any atom is 0.344 e. The summed E-state index contributed by atoms with van der Waals surface area (Å²) in [5.74, 6) is -0.0428. The highest BCUT2D eigenvalue weighted by Crippen LogP contribution is 2.39. The lowest BCUT2D eigenvalue weighted by molar-refractivity contribution is -0.132. The first-order chi connectivity index (χ1) is 12.9. The molecule has 7 heteroatoms. The van der Waals surface area contributed by atoms with Gasteiger partial charge in [-0.15, -0.1) is 0 Å². The number of aryl methyl sites for hydroxylation is 1. The van der Waals surface area contributed by atoms with E-state index in [2.05, 4.69) is 0 Å². The van der Waals surface area contributed by atoms with E-state index in [0.717, 1.165) is 0 Å². The number of aromatic hydroxyl groups is 1. The molecular weight excluding hydrogens is 352 g/mol. The molecule has 3 rings (SSSR count). The van der Waals surface area contributed by atoms with Gasteiger partial charge in [0.1, 0.15) is 11.5 Å². The van der Waals surface area contributed by atoms with E-state index in [-0.39, 0.29) is 11.3 Å². The Balaban J connectivity index is 2.28. The standard InChI is InChI=1S/C20H18O7/c1-10-13-7-8-15(26-11(2)21)18(22)19(13)27-20(23)17(10)14-6-5-12(24-3)9-16(14)25-4/h5-9,22H,1-4H3. The smallest absolute Gasteiger partial charge is 0.344 e. The Morgan fingerprint density at radius 1 is 1.07 bits per heavy atom. The molecule has 2 aromatic carbocycles. The summed E-state index contributed by atoms with van der Waals surface area (Å²) in [6.07, 6.45) is 0. The number of methoxy groups -OCH3 is 2. The van der Waals surface area contributed by atoms with Crippen LogP contribution in [-0.2, 0) is 4.79 Å². The zero-order valence-corrected chi connectivity index (χ0v) is 15.3. The minimum atomic E-state index is -0.654. The highest BCUT2D eigenvalue weighted by atomic mass is 16.5. The van der Waals surface area contributed by atoms with Gasteiger partial charge in [-0.2, -0.15) is 0 Å². The molecule has 0 aliphatic heterocycles. The molecule has 0 radical (unpaired) electrons. The summed E-state index contributed by atoms with van der Waals surface area (Å²) in [5, 5.41) is 10.8. The van der Waals surface area contributed by atoms with Gasteiger partial charge in [-0.3, -0.25) is 4.79 Å². The molecule has 0 unspecified atom stereocenters. The van der Waals surface area contributed by atoms with Crippen LogP contribution in [0.1, 0.15) is 12.5 Å². The molecule has 0 amide bonds. The van der Waals surface area contributed by atoms with Crippen molar-refractivity contribution in [1.29, 1.82) is 0 Å². The number of fused-ring (bicyclic) bond motifs is 1. The zero-order valence-electron chi connectivity index (χ0n) is 15.3. The maximum atomic E-state index is 12.7. The van der Waals surface area contributed by atoms with Gasteiger partial charge >= 0.3 is 11.6 Å². The number of esters is 1. The molecule has 1 N–H and O–H groups in total. The van der Waals surface area contributed by atoms with Gasteiger partial charge in [0.15, 0.2) is 11.3 Å². The molecule has 0 saturated carbocycles. The van der Waals surface area contributed by atoms with Gasteiger partial charge in [0.2, 0.25) is 5.75 Å². The van der Waals surface area contributed by atoms with Crippen LogP contribution in [0.3, 0.4) is 0 Å². The van der Waals surface area contributed by atoms with Crippen molar-refractivity contribution in [3.8, 4) is 34.1 Å². The molecule has 0 aliphatic carbocycles. The van der Waals surface area contributed by atoms with Crippen molar-refractivity contribution in [3.05, 3.63) is 46.3 Å². The van der Waals surface area contributed by atoms with E-state index >= 15 is 0 Å². The van der Waals surface area contributed by atoms with Gasteiger partial charge in [-0.1, -0.05) is 0 Å². The second-order valence-electron chi connectivity index (χ2n) is 5.84. The third kappa shape index (κ3) is 3.19. The Labute approximate surface area is 154 Å². The molecule has 7 nitrogen and oxygen atoms in total. The zero-order chi connectivity index (χ0) is 19.7. The minimum Gasteiger partial charge on any atom is -0.502 e. The molecule has 0 atom stereocenters. The van der Waals surface area contributed by atoms with Gasteiger partial charge in [0.05, 0.1) is 19.8 Å². The summed E-state index contributed by atoms with van der Waals surface area (Å²) >= 11 is 0. The summed E-state index contributed by atoms with van der Waals surface area (Å²) in [6, 6.07) is 8.14. The van der Waals surface area contributed by atoms with E-state index in [9.17, 15) is 14.7 Å². The maximum absolute atomic E-state index is 12.7. The Bertz CT molecular complexity index is 1100. The third-order valence-corrected chi connectivity index (χ3v) is 4.20. The normalized spacial score (nSPS) is 10.7. The third-order valence-electron chi connectivity index (χ3n) is 4.20. The molecule has 0 bridgehead atoms. The molecule has 0 spiro atoms. The number of hydrogen-bond acceptors (Lipinski definition) is 7. The van der Waals surface area contributed by atoms with E-state index in [0.29, 0.717) is 33.6 Å². The summed E-state index contributed by atoms with van der Waals surface area (Å²) in [7, 11) is 3.03. The molecule has 0 fully saturated rings. The Hall–Kier alpha value is -3.48. The first-order valence-corrected chi connectivity index (χ1v) is 8.07. The van der Waals surface area contributed by atoms with Crippen molar-refractivity contribution >= 4 is 16.9 Å². The van der Waals surface area contributed by atoms with Crippen molar-refractivity contribution in [2.45, 2.75) is 13.8 Å². The van der Waals surface area contributed by atoms with Gasteiger partial charge < -0.3 is 23.7 Å². The largest absolute Gasteiger partial charge is 0.502 e. The van der Waals surface area contributed by atoms with Crippen LogP contribution in [0.15, 0.2) is 39.5 Å². The fraction of sp³-hybridized carbons (Fsp3) is 0.200. The topological polar surface area (TPSA) is 95.2 Å². The highest BCUT2D eigenvalue weighted by molar-refractivity contribution is 5.93. The SMILES string of the molecule is COc1ccc(-c2c(C)c3ccc(OC(C)=O)c(O)c3oc2=O)c(OC)c1. The van der Waals surface area contributed by atoms with Crippen LogP contribution in [0, 0.1) is 6.92 Å². The molecular formula is C20H18O7. The van der Waals surface area contributed by atoms with Gasteiger partial charge in [-0.25, -0.2) is 4.79 Å². The summed E-state index contributed by atoms with van der Waals surface area (Å²) in [5.41, 5.74) is 0.734. The highest BCUT2D eigenvalue weighted by Gasteiger charge is 2.21. The number of rotatable bonds is 4. The van der Waals surface area contributed by atoms with Crippen molar-refractivity contribution in [2.24, 2.45) is 0 Å². The molecule has 0 saturated heterocycles. The van der Waals surface area contributed by atoms with E-state index < -0.39 is 17.3 Å². The summed E-state index contributed by atoms with van der Waals surface area (Å²) < 4.78 is 20.8. The lowest BCUT2D eigenvalue weighted by Gasteiger charge is -2.14. The summed E-state index contributed by atoms with van der Waals surface area (Å²) in [4.78, 5) is 23.8. The Morgan fingerprint density at radius 2 is 1.81 bits per heavy atom. The number of carbonyl (C=O) groups excluding carboxylic acids is 1. The van der Waals surface area contributed by atoms with Crippen LogP contribution in [0.4, 0.5) is 0 Å². The van der Waals surface area contributed by atoms with Crippen molar-refractivity contribution in [2.75, 3.05) is 14.2 Å². The predicted molar refractivity (Wildman–Crippen MR) is 98.7 cm³/mol. The van der Waals surface area contributed by atoms with Crippen LogP contribution in [-0.4, -0.2) is 25.3 Å². The number of phenolic OH excluding ortho intramolecular Hbond substituents is 1. The molecule has 0 aliphatic rings. The van der Waals surface area contributed by atoms with Crippen LogP contribution in [0.2, 0.25) is 0 Å². The van der Waals surface area contributed by atoms with E-state index in [1.165, 1.54) is 27.2 Å². The van der Waals surface area contributed by atoms with E-state index in [4.69, 9.17) is 18.6 Å². The Kier molecular flexibility index (Phi) is 4.77. The first-order valence-electron chi connectivity index (χ1n) is 8.07. The van der Waals surface area contributed by atoms with Crippen LogP contribution >= 0.6 is 0 Å². The minimum absolute atomic E-state index is 0.0486. The molecule has 1 aromatic heterocycles. The van der Waals surface area contributed by atoms with Crippen LogP contribution < -0.4 is 19.8 Å². The second kappa shape index (κ2) is 7.03.